The Bertz CT molecular complexity index is 1200. The third-order valence-corrected chi connectivity index (χ3v) is 4.39. The first kappa shape index (κ1) is 17.5. The van der Waals surface area contributed by atoms with Gasteiger partial charge in [-0.15, -0.1) is 0 Å². The van der Waals surface area contributed by atoms with Gasteiger partial charge in [0.25, 0.3) is 0 Å². The van der Waals surface area contributed by atoms with Crippen molar-refractivity contribution in [3.8, 4) is 11.3 Å². The van der Waals surface area contributed by atoms with Crippen molar-refractivity contribution in [3.63, 3.8) is 0 Å². The number of carboxylic acids is 1. The SMILES string of the molecule is O=C(O)Cn1cc(C(=O)c2ccccc2F)c2ccnc(-c3cccnc3)c21. The number of aromatic nitrogens is 3. The first-order valence-corrected chi connectivity index (χ1v) is 8.45. The molecule has 0 saturated heterocycles. The first-order valence-electron chi connectivity index (χ1n) is 8.45. The van der Waals surface area contributed by atoms with Crippen LogP contribution in [0.15, 0.2) is 67.3 Å². The van der Waals surface area contributed by atoms with Crippen LogP contribution in [0.25, 0.3) is 22.2 Å². The lowest BCUT2D eigenvalue weighted by Crippen LogP contribution is -2.08. The van der Waals surface area contributed by atoms with Gasteiger partial charge in [-0.1, -0.05) is 12.1 Å². The van der Waals surface area contributed by atoms with Crippen molar-refractivity contribution in [3.05, 3.63) is 84.2 Å². The Morgan fingerprint density at radius 3 is 2.57 bits per heavy atom. The minimum atomic E-state index is -1.07. The monoisotopic (exact) mass is 375 g/mol. The molecular formula is C21H14FN3O3. The summed E-state index contributed by atoms with van der Waals surface area (Å²) in [7, 11) is 0. The number of nitrogens with zero attached hydrogens (tertiary/aromatic N) is 3. The summed E-state index contributed by atoms with van der Waals surface area (Å²) < 4.78 is 15.6. The largest absolute Gasteiger partial charge is 0.480 e. The van der Waals surface area contributed by atoms with E-state index in [0.29, 0.717) is 22.2 Å². The standard InChI is InChI=1S/C21H14FN3O3/c22-17-6-2-1-5-15(17)21(28)16-11-25(12-18(26)27)20-14(16)7-9-24-19(20)13-4-3-8-23-10-13/h1-11H,12H2,(H,26,27). The number of benzene rings is 1. The predicted molar refractivity (Wildman–Crippen MR) is 100 cm³/mol. The molecule has 7 heteroatoms. The maximum Gasteiger partial charge on any atom is 0.323 e. The summed E-state index contributed by atoms with van der Waals surface area (Å²) in [6.45, 7) is -0.361. The highest BCUT2D eigenvalue weighted by molar-refractivity contribution is 6.17. The average Bonchev–Trinajstić information content (AvgIpc) is 3.06. The second-order valence-electron chi connectivity index (χ2n) is 6.17. The number of hydrogen-bond donors (Lipinski definition) is 1. The van der Waals surface area contributed by atoms with Gasteiger partial charge in [-0.05, 0) is 30.3 Å². The highest BCUT2D eigenvalue weighted by Gasteiger charge is 2.22. The van der Waals surface area contributed by atoms with E-state index >= 15 is 0 Å². The van der Waals surface area contributed by atoms with Gasteiger partial charge in [-0.25, -0.2) is 4.39 Å². The predicted octanol–water partition coefficient (Wildman–Crippen LogP) is 3.55. The molecule has 0 saturated carbocycles. The number of pyridine rings is 2. The Morgan fingerprint density at radius 2 is 1.86 bits per heavy atom. The lowest BCUT2D eigenvalue weighted by molar-refractivity contribution is -0.137. The Labute approximate surface area is 158 Å². The molecule has 1 N–H and O–H groups in total. The molecule has 28 heavy (non-hydrogen) atoms. The fourth-order valence-corrected chi connectivity index (χ4v) is 3.21. The summed E-state index contributed by atoms with van der Waals surface area (Å²) in [4.78, 5) is 32.8. The Balaban J connectivity index is 1.98. The molecular weight excluding hydrogens is 361 g/mol. The number of carbonyl (C=O) groups excluding carboxylic acids is 1. The van der Waals surface area contributed by atoms with Gasteiger partial charge in [0, 0.05) is 41.3 Å². The van der Waals surface area contributed by atoms with Crippen molar-refractivity contribution in [2.45, 2.75) is 6.54 Å². The molecule has 0 spiro atoms. The molecule has 4 rings (SSSR count). The third-order valence-electron chi connectivity index (χ3n) is 4.39. The molecule has 1 aromatic carbocycles. The van der Waals surface area contributed by atoms with Gasteiger partial charge in [0.15, 0.2) is 5.78 Å². The minimum Gasteiger partial charge on any atom is -0.480 e. The van der Waals surface area contributed by atoms with E-state index in [9.17, 15) is 19.1 Å². The molecule has 0 aliphatic carbocycles. The van der Waals surface area contributed by atoms with Crippen LogP contribution in [-0.2, 0) is 11.3 Å². The molecule has 0 unspecified atom stereocenters. The van der Waals surface area contributed by atoms with E-state index in [4.69, 9.17) is 0 Å². The van der Waals surface area contributed by atoms with E-state index in [0.717, 1.165) is 0 Å². The van der Waals surface area contributed by atoms with E-state index < -0.39 is 17.6 Å². The number of rotatable bonds is 5. The van der Waals surface area contributed by atoms with Crippen molar-refractivity contribution in [1.29, 1.82) is 0 Å². The molecule has 3 aromatic heterocycles. The number of hydrogen-bond acceptors (Lipinski definition) is 4. The van der Waals surface area contributed by atoms with Gasteiger partial charge >= 0.3 is 5.97 Å². The van der Waals surface area contributed by atoms with Crippen molar-refractivity contribution in [2.24, 2.45) is 0 Å². The number of carboxylic acid groups (broad SMARTS) is 1. The molecule has 4 aromatic rings. The fourth-order valence-electron chi connectivity index (χ4n) is 3.21. The molecule has 6 nitrogen and oxygen atoms in total. The molecule has 0 atom stereocenters. The van der Waals surface area contributed by atoms with Gasteiger partial charge in [-0.2, -0.15) is 0 Å². The molecule has 0 fully saturated rings. The summed E-state index contributed by atoms with van der Waals surface area (Å²) in [6, 6.07) is 10.9. The van der Waals surface area contributed by atoms with E-state index in [-0.39, 0.29) is 17.7 Å². The summed E-state index contributed by atoms with van der Waals surface area (Å²) >= 11 is 0. The minimum absolute atomic E-state index is 0.0726. The summed E-state index contributed by atoms with van der Waals surface area (Å²) in [5.74, 6) is -2.22. The normalized spacial score (nSPS) is 10.9. The van der Waals surface area contributed by atoms with Crippen molar-refractivity contribution in [2.75, 3.05) is 0 Å². The van der Waals surface area contributed by atoms with Crippen molar-refractivity contribution >= 4 is 22.7 Å². The van der Waals surface area contributed by atoms with Crippen LogP contribution in [0.1, 0.15) is 15.9 Å². The van der Waals surface area contributed by atoms with Crippen LogP contribution < -0.4 is 0 Å². The van der Waals surface area contributed by atoms with E-state index in [1.165, 1.54) is 35.2 Å². The van der Waals surface area contributed by atoms with Gasteiger partial charge in [0.2, 0.25) is 0 Å². The molecule has 0 aliphatic rings. The second-order valence-corrected chi connectivity index (χ2v) is 6.17. The van der Waals surface area contributed by atoms with Gasteiger partial charge in [0.05, 0.1) is 16.8 Å². The molecule has 3 heterocycles. The van der Waals surface area contributed by atoms with Crippen LogP contribution in [0.3, 0.4) is 0 Å². The number of ketones is 1. The average molecular weight is 375 g/mol. The molecule has 0 radical (unpaired) electrons. The van der Waals surface area contributed by atoms with Crippen LogP contribution >= 0.6 is 0 Å². The smallest absolute Gasteiger partial charge is 0.323 e. The summed E-state index contributed by atoms with van der Waals surface area (Å²) in [5.41, 5.74) is 1.81. The molecule has 0 aliphatic heterocycles. The number of fused-ring (bicyclic) bond motifs is 1. The van der Waals surface area contributed by atoms with Crippen LogP contribution in [0.4, 0.5) is 4.39 Å². The van der Waals surface area contributed by atoms with Gasteiger partial charge < -0.3 is 9.67 Å². The maximum absolute atomic E-state index is 14.1. The summed E-state index contributed by atoms with van der Waals surface area (Å²) in [5, 5.41) is 9.80. The Hall–Kier alpha value is -3.87. The lowest BCUT2D eigenvalue weighted by atomic mass is 10.0. The molecule has 138 valence electrons. The van der Waals surface area contributed by atoms with Crippen LogP contribution in [0.2, 0.25) is 0 Å². The molecule has 0 bridgehead atoms. The molecule has 0 amide bonds. The fraction of sp³-hybridized carbons (Fsp3) is 0.0476. The van der Waals surface area contributed by atoms with Crippen molar-refractivity contribution < 1.29 is 19.1 Å². The number of aliphatic carboxylic acids is 1. The highest BCUT2D eigenvalue weighted by atomic mass is 19.1. The topological polar surface area (TPSA) is 85.1 Å². The first-order chi connectivity index (χ1) is 13.6. The van der Waals surface area contributed by atoms with E-state index in [1.807, 2.05) is 0 Å². The van der Waals surface area contributed by atoms with Crippen molar-refractivity contribution in [1.82, 2.24) is 14.5 Å². The Morgan fingerprint density at radius 1 is 1.04 bits per heavy atom. The zero-order valence-corrected chi connectivity index (χ0v) is 14.5. The third kappa shape index (κ3) is 3.03. The van der Waals surface area contributed by atoms with Crippen LogP contribution in [-0.4, -0.2) is 31.4 Å². The van der Waals surface area contributed by atoms with Crippen LogP contribution in [0, 0.1) is 5.82 Å². The zero-order chi connectivity index (χ0) is 19.7. The quantitative estimate of drug-likeness (QED) is 0.539. The maximum atomic E-state index is 14.1. The zero-order valence-electron chi connectivity index (χ0n) is 14.5. The lowest BCUT2D eigenvalue weighted by Gasteiger charge is -2.07. The number of carbonyl (C=O) groups is 2. The highest BCUT2D eigenvalue weighted by Crippen LogP contribution is 2.31. The Kier molecular flexibility index (Phi) is 4.41. The second kappa shape index (κ2) is 7.03. The van der Waals surface area contributed by atoms with Gasteiger partial charge in [0.1, 0.15) is 12.4 Å². The van der Waals surface area contributed by atoms with E-state index in [1.54, 1.807) is 36.7 Å². The van der Waals surface area contributed by atoms with Gasteiger partial charge in [-0.3, -0.25) is 19.6 Å². The summed E-state index contributed by atoms with van der Waals surface area (Å²) in [6.07, 6.45) is 6.20. The number of halogens is 1. The van der Waals surface area contributed by atoms with Crippen LogP contribution in [0.5, 0.6) is 0 Å². The van der Waals surface area contributed by atoms with E-state index in [2.05, 4.69) is 9.97 Å².